The summed E-state index contributed by atoms with van der Waals surface area (Å²) in [4.78, 5) is 11.9. The SMILES string of the molecule is C=CC(NC(=O)C(Cl)(Cl)Cl)c1ccc(C)c2ccccc12. The van der Waals surface area contributed by atoms with Gasteiger partial charge in [-0.3, -0.25) is 4.79 Å². The quantitative estimate of drug-likeness (QED) is 0.626. The second-order valence-electron chi connectivity index (χ2n) is 4.70. The van der Waals surface area contributed by atoms with E-state index in [1.807, 2.05) is 43.3 Å². The van der Waals surface area contributed by atoms with Crippen molar-refractivity contribution in [2.24, 2.45) is 0 Å². The van der Waals surface area contributed by atoms with Gasteiger partial charge in [0.2, 0.25) is 0 Å². The number of aryl methyl sites for hydroxylation is 1. The van der Waals surface area contributed by atoms with Crippen LogP contribution >= 0.6 is 34.8 Å². The molecule has 1 amide bonds. The van der Waals surface area contributed by atoms with E-state index in [1.54, 1.807) is 6.08 Å². The van der Waals surface area contributed by atoms with E-state index in [4.69, 9.17) is 34.8 Å². The van der Waals surface area contributed by atoms with Crippen LogP contribution in [0.2, 0.25) is 0 Å². The molecule has 0 saturated carbocycles. The predicted octanol–water partition coefficient (Wildman–Crippen LogP) is 4.86. The fraction of sp³-hybridized carbons (Fsp3) is 0.188. The molecule has 0 aliphatic rings. The van der Waals surface area contributed by atoms with E-state index in [2.05, 4.69) is 11.9 Å². The van der Waals surface area contributed by atoms with Crippen molar-refractivity contribution in [1.82, 2.24) is 5.32 Å². The van der Waals surface area contributed by atoms with Gasteiger partial charge in [-0.25, -0.2) is 0 Å². The van der Waals surface area contributed by atoms with Crippen LogP contribution in [-0.4, -0.2) is 9.70 Å². The predicted molar refractivity (Wildman–Crippen MR) is 90.1 cm³/mol. The van der Waals surface area contributed by atoms with Gasteiger partial charge in [0.25, 0.3) is 9.70 Å². The highest BCUT2D eigenvalue weighted by Crippen LogP contribution is 2.30. The Kier molecular flexibility index (Phi) is 4.82. The summed E-state index contributed by atoms with van der Waals surface area (Å²) in [5, 5.41) is 4.83. The van der Waals surface area contributed by atoms with Crippen molar-refractivity contribution in [3.05, 3.63) is 60.2 Å². The normalized spacial score (nSPS) is 13.0. The minimum absolute atomic E-state index is 0.432. The van der Waals surface area contributed by atoms with Crippen LogP contribution in [0.25, 0.3) is 10.8 Å². The average Bonchev–Trinajstić information content (AvgIpc) is 2.45. The van der Waals surface area contributed by atoms with E-state index in [0.717, 1.165) is 21.9 Å². The number of hydrogen-bond donors (Lipinski definition) is 1. The van der Waals surface area contributed by atoms with E-state index >= 15 is 0 Å². The number of hydrogen-bond acceptors (Lipinski definition) is 1. The van der Waals surface area contributed by atoms with Crippen molar-refractivity contribution in [2.75, 3.05) is 0 Å². The van der Waals surface area contributed by atoms with E-state index < -0.39 is 15.7 Å². The lowest BCUT2D eigenvalue weighted by Gasteiger charge is -2.20. The number of carbonyl (C=O) groups excluding carboxylic acids is 1. The van der Waals surface area contributed by atoms with Crippen molar-refractivity contribution in [3.8, 4) is 0 Å². The molecule has 2 aromatic rings. The molecule has 110 valence electrons. The lowest BCUT2D eigenvalue weighted by Crippen LogP contribution is -2.36. The van der Waals surface area contributed by atoms with Gasteiger partial charge in [-0.05, 0) is 28.8 Å². The van der Waals surface area contributed by atoms with Crippen molar-refractivity contribution in [3.63, 3.8) is 0 Å². The van der Waals surface area contributed by atoms with Gasteiger partial charge < -0.3 is 5.32 Å². The number of nitrogens with one attached hydrogen (secondary N) is 1. The largest absolute Gasteiger partial charge is 0.342 e. The van der Waals surface area contributed by atoms with Crippen LogP contribution in [0.5, 0.6) is 0 Å². The Labute approximate surface area is 138 Å². The summed E-state index contributed by atoms with van der Waals surface area (Å²) in [6.07, 6.45) is 1.62. The topological polar surface area (TPSA) is 29.1 Å². The van der Waals surface area contributed by atoms with Crippen LogP contribution in [0.1, 0.15) is 17.2 Å². The fourth-order valence-electron chi connectivity index (χ4n) is 2.23. The van der Waals surface area contributed by atoms with E-state index in [9.17, 15) is 4.79 Å². The van der Waals surface area contributed by atoms with Crippen molar-refractivity contribution in [2.45, 2.75) is 16.8 Å². The average molecular weight is 343 g/mol. The van der Waals surface area contributed by atoms with E-state index in [1.165, 1.54) is 0 Å². The highest BCUT2D eigenvalue weighted by molar-refractivity contribution is 6.76. The molecular formula is C16H14Cl3NO. The third-order valence-corrected chi connectivity index (χ3v) is 3.81. The number of carbonyl (C=O) groups is 1. The smallest absolute Gasteiger partial charge is 0.272 e. The highest BCUT2D eigenvalue weighted by Gasteiger charge is 2.32. The Morgan fingerprint density at radius 3 is 2.38 bits per heavy atom. The summed E-state index contributed by atoms with van der Waals surface area (Å²) in [7, 11) is 0. The van der Waals surface area contributed by atoms with Crippen LogP contribution in [0.3, 0.4) is 0 Å². The first kappa shape index (κ1) is 16.2. The van der Waals surface area contributed by atoms with Crippen molar-refractivity contribution >= 4 is 51.5 Å². The molecule has 1 unspecified atom stereocenters. The van der Waals surface area contributed by atoms with Crippen molar-refractivity contribution < 1.29 is 4.79 Å². The van der Waals surface area contributed by atoms with Gasteiger partial charge in [0.1, 0.15) is 0 Å². The number of benzene rings is 2. The summed E-state index contributed by atoms with van der Waals surface area (Å²) < 4.78 is -2.00. The third-order valence-electron chi connectivity index (χ3n) is 3.29. The monoisotopic (exact) mass is 341 g/mol. The third kappa shape index (κ3) is 3.52. The summed E-state index contributed by atoms with van der Waals surface area (Å²) in [6, 6.07) is 11.5. The maximum absolute atomic E-state index is 11.9. The zero-order valence-electron chi connectivity index (χ0n) is 11.4. The molecule has 2 aromatic carbocycles. The van der Waals surface area contributed by atoms with Gasteiger partial charge in [-0.1, -0.05) is 77.3 Å². The minimum Gasteiger partial charge on any atom is -0.342 e. The van der Waals surface area contributed by atoms with Gasteiger partial charge in [0.05, 0.1) is 6.04 Å². The molecule has 0 heterocycles. The summed E-state index contributed by atoms with van der Waals surface area (Å²) in [5.74, 6) is -0.679. The number of alkyl halides is 3. The molecule has 5 heteroatoms. The first-order valence-corrected chi connectivity index (χ1v) is 7.46. The van der Waals surface area contributed by atoms with E-state index in [0.29, 0.717) is 0 Å². The second-order valence-corrected chi connectivity index (χ2v) is 6.98. The molecule has 1 N–H and O–H groups in total. The number of amides is 1. The zero-order valence-corrected chi connectivity index (χ0v) is 13.6. The Balaban J connectivity index is 2.46. The Morgan fingerprint density at radius 1 is 1.19 bits per heavy atom. The summed E-state index contributed by atoms with van der Waals surface area (Å²) >= 11 is 16.8. The van der Waals surface area contributed by atoms with Crippen LogP contribution in [-0.2, 0) is 4.79 Å². The van der Waals surface area contributed by atoms with Gasteiger partial charge in [0.15, 0.2) is 0 Å². The molecule has 0 saturated heterocycles. The molecule has 0 radical (unpaired) electrons. The summed E-state index contributed by atoms with van der Waals surface area (Å²) in [6.45, 7) is 5.79. The standard InChI is InChI=1S/C16H14Cl3NO/c1-3-14(20-15(21)16(17,18)19)13-9-8-10(2)11-6-4-5-7-12(11)13/h3-9,14H,1H2,2H3,(H,20,21). The Bertz CT molecular complexity index is 691. The molecule has 0 spiro atoms. The highest BCUT2D eigenvalue weighted by atomic mass is 35.6. The molecular weight excluding hydrogens is 329 g/mol. The molecule has 0 fully saturated rings. The number of fused-ring (bicyclic) bond motifs is 1. The maximum atomic E-state index is 11.9. The Hall–Kier alpha value is -1.22. The van der Waals surface area contributed by atoms with Crippen LogP contribution in [0, 0.1) is 6.92 Å². The van der Waals surface area contributed by atoms with E-state index in [-0.39, 0.29) is 0 Å². The molecule has 0 aliphatic heterocycles. The first-order valence-electron chi connectivity index (χ1n) is 6.33. The molecule has 2 nitrogen and oxygen atoms in total. The van der Waals surface area contributed by atoms with Gasteiger partial charge in [-0.2, -0.15) is 0 Å². The maximum Gasteiger partial charge on any atom is 0.272 e. The molecule has 1 atom stereocenters. The number of rotatable bonds is 3. The van der Waals surface area contributed by atoms with Gasteiger partial charge in [-0.15, -0.1) is 6.58 Å². The lowest BCUT2D eigenvalue weighted by molar-refractivity contribution is -0.120. The zero-order chi connectivity index (χ0) is 15.6. The first-order chi connectivity index (χ1) is 9.84. The van der Waals surface area contributed by atoms with Crippen LogP contribution in [0.15, 0.2) is 49.1 Å². The summed E-state index contributed by atoms with van der Waals surface area (Å²) in [5.41, 5.74) is 2.07. The second kappa shape index (κ2) is 6.27. The molecule has 0 bridgehead atoms. The Morgan fingerprint density at radius 2 is 1.81 bits per heavy atom. The molecule has 0 aromatic heterocycles. The molecule has 0 aliphatic carbocycles. The van der Waals surface area contributed by atoms with Crippen molar-refractivity contribution in [1.29, 1.82) is 0 Å². The molecule has 2 rings (SSSR count). The lowest BCUT2D eigenvalue weighted by atomic mass is 9.96. The van der Waals surface area contributed by atoms with Crippen LogP contribution in [0.4, 0.5) is 0 Å². The number of halogens is 3. The molecule has 21 heavy (non-hydrogen) atoms. The minimum atomic E-state index is -2.00. The fourth-order valence-corrected chi connectivity index (χ4v) is 2.39. The van der Waals surface area contributed by atoms with Gasteiger partial charge >= 0.3 is 0 Å². The van der Waals surface area contributed by atoms with Gasteiger partial charge in [0, 0.05) is 0 Å². The van der Waals surface area contributed by atoms with Crippen LogP contribution < -0.4 is 5.32 Å².